The molecule has 0 amide bonds. The number of aryl methyl sites for hydroxylation is 3. The standard InChI is InChI=1S/C17H23NS/c1-4-18-17(8-6-15-9-10-19-12-15)16-7-5-13(2)11-14(16)3/h5,7,9-12,17-18H,4,6,8H2,1-3H3. The minimum atomic E-state index is 0.463. The minimum Gasteiger partial charge on any atom is -0.310 e. The lowest BCUT2D eigenvalue weighted by Crippen LogP contribution is -2.22. The molecule has 1 heterocycles. The molecule has 1 aromatic carbocycles. The Bertz CT molecular complexity index is 502. The zero-order valence-corrected chi connectivity index (χ0v) is 12.9. The van der Waals surface area contributed by atoms with Crippen molar-refractivity contribution >= 4 is 11.3 Å². The summed E-state index contributed by atoms with van der Waals surface area (Å²) in [4.78, 5) is 0. The minimum absolute atomic E-state index is 0.463. The third-order valence-corrected chi connectivity index (χ3v) is 4.29. The second kappa shape index (κ2) is 6.88. The zero-order valence-electron chi connectivity index (χ0n) is 12.1. The highest BCUT2D eigenvalue weighted by Crippen LogP contribution is 2.24. The smallest absolute Gasteiger partial charge is 0.0325 e. The predicted molar refractivity (Wildman–Crippen MR) is 85.0 cm³/mol. The fraction of sp³-hybridized carbons (Fsp3) is 0.412. The van der Waals surface area contributed by atoms with Crippen molar-refractivity contribution in [1.82, 2.24) is 5.32 Å². The van der Waals surface area contributed by atoms with Gasteiger partial charge in [-0.25, -0.2) is 0 Å². The molecule has 0 saturated carbocycles. The average molecular weight is 273 g/mol. The highest BCUT2D eigenvalue weighted by molar-refractivity contribution is 7.07. The molecule has 102 valence electrons. The Hall–Kier alpha value is -1.12. The topological polar surface area (TPSA) is 12.0 Å². The van der Waals surface area contributed by atoms with Crippen molar-refractivity contribution in [3.05, 3.63) is 57.3 Å². The van der Waals surface area contributed by atoms with E-state index in [4.69, 9.17) is 0 Å². The van der Waals surface area contributed by atoms with E-state index >= 15 is 0 Å². The number of hydrogen-bond donors (Lipinski definition) is 1. The van der Waals surface area contributed by atoms with Crippen LogP contribution in [0.4, 0.5) is 0 Å². The van der Waals surface area contributed by atoms with E-state index in [1.807, 2.05) is 0 Å². The van der Waals surface area contributed by atoms with Crippen LogP contribution in [0.15, 0.2) is 35.0 Å². The number of hydrogen-bond acceptors (Lipinski definition) is 2. The normalized spacial score (nSPS) is 12.6. The average Bonchev–Trinajstić information content (AvgIpc) is 2.88. The molecule has 1 unspecified atom stereocenters. The lowest BCUT2D eigenvalue weighted by atomic mass is 9.95. The van der Waals surface area contributed by atoms with Gasteiger partial charge in [-0.1, -0.05) is 30.7 Å². The maximum Gasteiger partial charge on any atom is 0.0325 e. The third kappa shape index (κ3) is 3.92. The number of rotatable bonds is 6. The van der Waals surface area contributed by atoms with E-state index in [2.05, 4.69) is 61.1 Å². The van der Waals surface area contributed by atoms with Gasteiger partial charge in [0.05, 0.1) is 0 Å². The van der Waals surface area contributed by atoms with Crippen LogP contribution >= 0.6 is 11.3 Å². The molecule has 19 heavy (non-hydrogen) atoms. The molecule has 2 heteroatoms. The molecule has 1 N–H and O–H groups in total. The fourth-order valence-electron chi connectivity index (χ4n) is 2.58. The largest absolute Gasteiger partial charge is 0.310 e. The van der Waals surface area contributed by atoms with E-state index in [-0.39, 0.29) is 0 Å². The molecular formula is C17H23NS. The molecule has 1 atom stereocenters. The molecule has 0 bridgehead atoms. The highest BCUT2D eigenvalue weighted by Gasteiger charge is 2.12. The summed E-state index contributed by atoms with van der Waals surface area (Å²) in [6.07, 6.45) is 2.31. The summed E-state index contributed by atoms with van der Waals surface area (Å²) in [5.41, 5.74) is 5.64. The van der Waals surface area contributed by atoms with Crippen molar-refractivity contribution in [2.45, 2.75) is 39.7 Å². The SMILES string of the molecule is CCNC(CCc1ccsc1)c1ccc(C)cc1C. The third-order valence-electron chi connectivity index (χ3n) is 3.55. The van der Waals surface area contributed by atoms with Crippen LogP contribution in [0.1, 0.15) is 41.6 Å². The lowest BCUT2D eigenvalue weighted by molar-refractivity contribution is 0.513. The first kappa shape index (κ1) is 14.3. The molecule has 0 radical (unpaired) electrons. The zero-order chi connectivity index (χ0) is 13.7. The lowest BCUT2D eigenvalue weighted by Gasteiger charge is -2.20. The summed E-state index contributed by atoms with van der Waals surface area (Å²) < 4.78 is 0. The first-order chi connectivity index (χ1) is 9.20. The Morgan fingerprint density at radius 1 is 1.21 bits per heavy atom. The Morgan fingerprint density at radius 3 is 2.68 bits per heavy atom. The molecule has 0 aliphatic carbocycles. The van der Waals surface area contributed by atoms with E-state index in [1.165, 1.54) is 22.3 Å². The monoisotopic (exact) mass is 273 g/mol. The van der Waals surface area contributed by atoms with Crippen LogP contribution in [-0.4, -0.2) is 6.54 Å². The summed E-state index contributed by atoms with van der Waals surface area (Å²) >= 11 is 1.79. The summed E-state index contributed by atoms with van der Waals surface area (Å²) in [6, 6.07) is 9.48. The fourth-order valence-corrected chi connectivity index (χ4v) is 3.28. The van der Waals surface area contributed by atoms with E-state index in [0.29, 0.717) is 6.04 Å². The molecule has 1 aromatic heterocycles. The number of thiophene rings is 1. The first-order valence-electron chi connectivity index (χ1n) is 7.02. The molecule has 0 spiro atoms. The molecule has 0 aliphatic rings. The van der Waals surface area contributed by atoms with Crippen LogP contribution in [-0.2, 0) is 6.42 Å². The van der Waals surface area contributed by atoms with Gasteiger partial charge in [-0.15, -0.1) is 0 Å². The van der Waals surface area contributed by atoms with Crippen molar-refractivity contribution in [3.63, 3.8) is 0 Å². The van der Waals surface area contributed by atoms with Crippen molar-refractivity contribution in [2.24, 2.45) is 0 Å². The summed E-state index contributed by atoms with van der Waals surface area (Å²) in [7, 11) is 0. The molecule has 2 aromatic rings. The van der Waals surface area contributed by atoms with E-state index < -0.39 is 0 Å². The van der Waals surface area contributed by atoms with E-state index in [9.17, 15) is 0 Å². The molecule has 2 rings (SSSR count). The van der Waals surface area contributed by atoms with Gasteiger partial charge >= 0.3 is 0 Å². The van der Waals surface area contributed by atoms with Crippen LogP contribution in [0.5, 0.6) is 0 Å². The maximum atomic E-state index is 3.63. The number of nitrogens with one attached hydrogen (secondary N) is 1. The Balaban J connectivity index is 2.10. The van der Waals surface area contributed by atoms with Crippen LogP contribution < -0.4 is 5.32 Å². The summed E-state index contributed by atoms with van der Waals surface area (Å²) in [6.45, 7) is 7.57. The molecule has 0 aliphatic heterocycles. The van der Waals surface area contributed by atoms with Gasteiger partial charge in [0.15, 0.2) is 0 Å². The summed E-state index contributed by atoms with van der Waals surface area (Å²) in [5.74, 6) is 0. The molecule has 1 nitrogen and oxygen atoms in total. The predicted octanol–water partition coefficient (Wildman–Crippen LogP) is 4.65. The molecule has 0 fully saturated rings. The van der Waals surface area contributed by atoms with Gasteiger partial charge in [0.2, 0.25) is 0 Å². The van der Waals surface area contributed by atoms with Gasteiger partial charge in [-0.2, -0.15) is 11.3 Å². The molecule has 0 saturated heterocycles. The Kier molecular flexibility index (Phi) is 5.17. The second-order valence-corrected chi connectivity index (χ2v) is 5.92. The van der Waals surface area contributed by atoms with Crippen LogP contribution in [0.2, 0.25) is 0 Å². The van der Waals surface area contributed by atoms with Crippen molar-refractivity contribution in [2.75, 3.05) is 6.54 Å². The van der Waals surface area contributed by atoms with Gasteiger partial charge in [0.25, 0.3) is 0 Å². The quantitative estimate of drug-likeness (QED) is 0.808. The summed E-state index contributed by atoms with van der Waals surface area (Å²) in [5, 5.41) is 8.04. The van der Waals surface area contributed by atoms with Crippen LogP contribution in [0, 0.1) is 13.8 Å². The molecular weight excluding hydrogens is 250 g/mol. The number of benzene rings is 1. The Labute approximate surface area is 120 Å². The second-order valence-electron chi connectivity index (χ2n) is 5.14. The van der Waals surface area contributed by atoms with E-state index in [0.717, 1.165) is 19.4 Å². The van der Waals surface area contributed by atoms with Crippen molar-refractivity contribution < 1.29 is 0 Å². The maximum absolute atomic E-state index is 3.63. The van der Waals surface area contributed by atoms with Crippen molar-refractivity contribution in [1.29, 1.82) is 0 Å². The first-order valence-corrected chi connectivity index (χ1v) is 7.96. The van der Waals surface area contributed by atoms with Gasteiger partial charge in [-0.05, 0) is 66.8 Å². The van der Waals surface area contributed by atoms with Gasteiger partial charge in [0.1, 0.15) is 0 Å². The highest BCUT2D eigenvalue weighted by atomic mass is 32.1. The van der Waals surface area contributed by atoms with Gasteiger partial charge < -0.3 is 5.32 Å². The van der Waals surface area contributed by atoms with E-state index in [1.54, 1.807) is 11.3 Å². The van der Waals surface area contributed by atoms with Crippen molar-refractivity contribution in [3.8, 4) is 0 Å². The Morgan fingerprint density at radius 2 is 2.05 bits per heavy atom. The van der Waals surface area contributed by atoms with Gasteiger partial charge in [-0.3, -0.25) is 0 Å². The van der Waals surface area contributed by atoms with Crippen LogP contribution in [0.25, 0.3) is 0 Å². The van der Waals surface area contributed by atoms with Crippen LogP contribution in [0.3, 0.4) is 0 Å². The van der Waals surface area contributed by atoms with Gasteiger partial charge in [0, 0.05) is 6.04 Å².